The van der Waals surface area contributed by atoms with Gasteiger partial charge in [0.05, 0.1) is 0 Å². The van der Waals surface area contributed by atoms with Gasteiger partial charge in [0.2, 0.25) is 0 Å². The van der Waals surface area contributed by atoms with Gasteiger partial charge < -0.3 is 15.5 Å². The third-order valence-electron chi connectivity index (χ3n) is 5.91. The van der Waals surface area contributed by atoms with Gasteiger partial charge in [-0.15, -0.1) is 0 Å². The SMILES string of the molecule is CC(C)NC(=O)Nc1cccc(C(=O)N2CCCCC[C@H]2[C@@H]2CCCCC2=O)c1. The second kappa shape index (κ2) is 9.90. The molecule has 6 nitrogen and oxygen atoms in total. The predicted octanol–water partition coefficient (Wildman–Crippen LogP) is 4.36. The predicted molar refractivity (Wildman–Crippen MR) is 114 cm³/mol. The molecule has 0 unspecified atom stereocenters. The summed E-state index contributed by atoms with van der Waals surface area (Å²) in [4.78, 5) is 39.9. The van der Waals surface area contributed by atoms with Crippen LogP contribution < -0.4 is 10.6 Å². The quantitative estimate of drug-likeness (QED) is 0.789. The topological polar surface area (TPSA) is 78.5 Å². The fraction of sp³-hybridized carbons (Fsp3) is 0.609. The number of likely N-dealkylation sites (tertiary alicyclic amines) is 1. The maximum absolute atomic E-state index is 13.4. The van der Waals surface area contributed by atoms with Crippen molar-refractivity contribution in [1.29, 1.82) is 0 Å². The number of hydrogen-bond donors (Lipinski definition) is 2. The molecule has 6 heteroatoms. The Morgan fingerprint density at radius 2 is 1.86 bits per heavy atom. The Kier molecular flexibility index (Phi) is 7.29. The van der Waals surface area contributed by atoms with Gasteiger partial charge in [-0.2, -0.15) is 0 Å². The molecule has 1 aliphatic carbocycles. The summed E-state index contributed by atoms with van der Waals surface area (Å²) in [6, 6.07) is 6.83. The van der Waals surface area contributed by atoms with Crippen LogP contribution in [0.15, 0.2) is 24.3 Å². The van der Waals surface area contributed by atoms with E-state index in [1.54, 1.807) is 24.3 Å². The van der Waals surface area contributed by atoms with E-state index in [-0.39, 0.29) is 29.9 Å². The molecule has 1 heterocycles. The van der Waals surface area contributed by atoms with Crippen LogP contribution in [-0.2, 0) is 4.79 Å². The first-order valence-electron chi connectivity index (χ1n) is 11.0. The van der Waals surface area contributed by atoms with Gasteiger partial charge in [0.1, 0.15) is 5.78 Å². The van der Waals surface area contributed by atoms with Gasteiger partial charge in [0, 0.05) is 42.2 Å². The van der Waals surface area contributed by atoms with Gasteiger partial charge in [-0.3, -0.25) is 9.59 Å². The van der Waals surface area contributed by atoms with Crippen LogP contribution in [0.5, 0.6) is 0 Å². The van der Waals surface area contributed by atoms with Gasteiger partial charge in [0.25, 0.3) is 5.91 Å². The molecule has 0 aromatic heterocycles. The molecule has 0 spiro atoms. The van der Waals surface area contributed by atoms with Crippen LogP contribution in [0, 0.1) is 5.92 Å². The number of urea groups is 1. The summed E-state index contributed by atoms with van der Waals surface area (Å²) < 4.78 is 0. The van der Waals surface area contributed by atoms with Crippen molar-refractivity contribution in [3.63, 3.8) is 0 Å². The lowest BCUT2D eigenvalue weighted by Crippen LogP contribution is -2.47. The van der Waals surface area contributed by atoms with E-state index in [0.29, 0.717) is 30.0 Å². The summed E-state index contributed by atoms with van der Waals surface area (Å²) in [6.07, 6.45) is 7.61. The van der Waals surface area contributed by atoms with Crippen LogP contribution in [-0.4, -0.2) is 41.2 Å². The first-order chi connectivity index (χ1) is 14.0. The Bertz CT molecular complexity index is 747. The van der Waals surface area contributed by atoms with Gasteiger partial charge in [0.15, 0.2) is 0 Å². The molecule has 3 amide bonds. The Morgan fingerprint density at radius 1 is 1.07 bits per heavy atom. The third-order valence-corrected chi connectivity index (χ3v) is 5.91. The number of nitrogens with one attached hydrogen (secondary N) is 2. The fourth-order valence-electron chi connectivity index (χ4n) is 4.55. The van der Waals surface area contributed by atoms with Crippen molar-refractivity contribution in [3.05, 3.63) is 29.8 Å². The number of nitrogens with zero attached hydrogens (tertiary/aromatic N) is 1. The first-order valence-corrected chi connectivity index (χ1v) is 11.0. The van der Waals surface area contributed by atoms with Gasteiger partial charge in [-0.1, -0.05) is 25.3 Å². The Balaban J connectivity index is 1.78. The van der Waals surface area contributed by atoms with Crippen LogP contribution in [0.25, 0.3) is 0 Å². The average Bonchev–Trinajstić information content (AvgIpc) is 2.93. The van der Waals surface area contributed by atoms with Crippen molar-refractivity contribution in [2.75, 3.05) is 11.9 Å². The number of anilines is 1. The van der Waals surface area contributed by atoms with E-state index in [1.165, 1.54) is 0 Å². The van der Waals surface area contributed by atoms with Crippen molar-refractivity contribution in [2.24, 2.45) is 5.92 Å². The van der Waals surface area contributed by atoms with Crippen molar-refractivity contribution in [3.8, 4) is 0 Å². The van der Waals surface area contributed by atoms with Crippen LogP contribution in [0.1, 0.15) is 75.6 Å². The minimum absolute atomic E-state index is 0.00125. The van der Waals surface area contributed by atoms with E-state index in [4.69, 9.17) is 0 Å². The fourth-order valence-corrected chi connectivity index (χ4v) is 4.55. The lowest BCUT2D eigenvalue weighted by Gasteiger charge is -2.37. The van der Waals surface area contributed by atoms with Gasteiger partial charge in [-0.05, 0) is 57.7 Å². The number of amides is 3. The molecule has 2 N–H and O–H groups in total. The van der Waals surface area contributed by atoms with Gasteiger partial charge >= 0.3 is 6.03 Å². The Morgan fingerprint density at radius 3 is 2.62 bits per heavy atom. The summed E-state index contributed by atoms with van der Waals surface area (Å²) >= 11 is 0. The minimum Gasteiger partial charge on any atom is -0.336 e. The molecule has 1 saturated heterocycles. The van der Waals surface area contributed by atoms with Crippen LogP contribution >= 0.6 is 0 Å². The third kappa shape index (κ3) is 5.58. The Hall–Kier alpha value is -2.37. The highest BCUT2D eigenvalue weighted by molar-refractivity contribution is 5.97. The molecular weight excluding hydrogens is 366 g/mol. The molecule has 158 valence electrons. The highest BCUT2D eigenvalue weighted by atomic mass is 16.2. The van der Waals surface area contributed by atoms with E-state index < -0.39 is 0 Å². The van der Waals surface area contributed by atoms with E-state index in [0.717, 1.165) is 44.9 Å². The summed E-state index contributed by atoms with van der Waals surface area (Å²) in [5, 5.41) is 5.57. The number of benzene rings is 1. The zero-order valence-corrected chi connectivity index (χ0v) is 17.6. The smallest absolute Gasteiger partial charge is 0.319 e. The molecule has 2 aliphatic rings. The zero-order valence-electron chi connectivity index (χ0n) is 17.6. The minimum atomic E-state index is -0.287. The molecule has 29 heavy (non-hydrogen) atoms. The van der Waals surface area contributed by atoms with E-state index in [1.807, 2.05) is 18.7 Å². The summed E-state index contributed by atoms with van der Waals surface area (Å²) in [6.45, 7) is 4.48. The molecule has 2 fully saturated rings. The van der Waals surface area contributed by atoms with Crippen LogP contribution in [0.3, 0.4) is 0 Å². The number of carbonyl (C=O) groups excluding carboxylic acids is 3. The number of rotatable bonds is 4. The van der Waals surface area contributed by atoms with E-state index >= 15 is 0 Å². The zero-order chi connectivity index (χ0) is 20.8. The van der Waals surface area contributed by atoms with Crippen LogP contribution in [0.4, 0.5) is 10.5 Å². The summed E-state index contributed by atoms with van der Waals surface area (Å²) in [5.41, 5.74) is 1.15. The van der Waals surface area contributed by atoms with E-state index in [2.05, 4.69) is 10.6 Å². The molecule has 2 atom stereocenters. The number of carbonyl (C=O) groups is 3. The summed E-state index contributed by atoms with van der Waals surface area (Å²) in [7, 11) is 0. The largest absolute Gasteiger partial charge is 0.336 e. The monoisotopic (exact) mass is 399 g/mol. The molecule has 1 aromatic rings. The molecule has 1 aromatic carbocycles. The normalized spacial score (nSPS) is 22.9. The first kappa shape index (κ1) is 21.3. The highest BCUT2D eigenvalue weighted by Gasteiger charge is 2.37. The molecule has 0 bridgehead atoms. The van der Waals surface area contributed by atoms with E-state index in [9.17, 15) is 14.4 Å². The molecule has 3 rings (SSSR count). The van der Waals surface area contributed by atoms with Crippen molar-refractivity contribution in [1.82, 2.24) is 10.2 Å². The molecule has 0 radical (unpaired) electrons. The molecular formula is C23H33N3O3. The second-order valence-corrected chi connectivity index (χ2v) is 8.57. The number of hydrogen-bond acceptors (Lipinski definition) is 3. The van der Waals surface area contributed by atoms with Crippen LogP contribution in [0.2, 0.25) is 0 Å². The lowest BCUT2D eigenvalue weighted by molar-refractivity contribution is -0.126. The number of ketones is 1. The maximum Gasteiger partial charge on any atom is 0.319 e. The molecule has 1 aliphatic heterocycles. The lowest BCUT2D eigenvalue weighted by atomic mass is 9.80. The number of Topliss-reactive ketones (excluding diaryl/α,β-unsaturated/α-hetero) is 1. The Labute approximate surface area is 173 Å². The second-order valence-electron chi connectivity index (χ2n) is 8.57. The van der Waals surface area contributed by atoms with Crippen molar-refractivity contribution in [2.45, 2.75) is 77.3 Å². The average molecular weight is 400 g/mol. The van der Waals surface area contributed by atoms with Gasteiger partial charge in [-0.25, -0.2) is 4.79 Å². The standard InChI is InChI=1S/C23H33N3O3/c1-16(2)24-23(29)25-18-10-8-9-17(15-18)22(28)26-14-7-3-4-12-20(26)19-11-5-6-13-21(19)27/h8-10,15-16,19-20H,3-7,11-14H2,1-2H3,(H2,24,25,29)/t19-,20-/m0/s1. The van der Waals surface area contributed by atoms with Crippen molar-refractivity contribution >= 4 is 23.4 Å². The summed E-state index contributed by atoms with van der Waals surface area (Å²) in [5.74, 6) is 0.258. The maximum atomic E-state index is 13.4. The van der Waals surface area contributed by atoms with Crippen molar-refractivity contribution < 1.29 is 14.4 Å². The highest BCUT2D eigenvalue weighted by Crippen LogP contribution is 2.32. The molecule has 1 saturated carbocycles.